The number of rotatable bonds is 2. The van der Waals surface area contributed by atoms with Gasteiger partial charge in [-0.15, -0.1) is 0 Å². The van der Waals surface area contributed by atoms with Crippen LogP contribution in [-0.4, -0.2) is 29.9 Å². The predicted molar refractivity (Wildman–Crippen MR) is 114 cm³/mol. The summed E-state index contributed by atoms with van der Waals surface area (Å²) in [4.78, 5) is 23.2. The molecule has 5 heterocycles. The molecule has 142 valence electrons. The summed E-state index contributed by atoms with van der Waals surface area (Å²) in [6, 6.07) is 23.2. The molecule has 5 aromatic heterocycles. The molecule has 0 saturated heterocycles. The molecule has 0 aliphatic carbocycles. The zero-order valence-corrected chi connectivity index (χ0v) is 15.7. The number of H-pyrrole nitrogens is 1. The number of nitrogens with zero attached hydrogens (tertiary/aromatic N) is 5. The maximum absolute atomic E-state index is 4.19. The third-order valence-electron chi connectivity index (χ3n) is 3.59. The van der Waals surface area contributed by atoms with E-state index in [9.17, 15) is 0 Å². The van der Waals surface area contributed by atoms with E-state index >= 15 is 0 Å². The Morgan fingerprint density at radius 2 is 0.828 bits per heavy atom. The summed E-state index contributed by atoms with van der Waals surface area (Å²) in [6.45, 7) is 0. The Balaban J connectivity index is 0.000000135. The van der Waals surface area contributed by atoms with Gasteiger partial charge in [0.1, 0.15) is 0 Å². The van der Waals surface area contributed by atoms with Crippen LogP contribution in [0, 0.1) is 0 Å². The van der Waals surface area contributed by atoms with Gasteiger partial charge in [0.15, 0.2) is 0 Å². The van der Waals surface area contributed by atoms with Gasteiger partial charge in [-0.05, 0) is 48.5 Å². The van der Waals surface area contributed by atoms with Gasteiger partial charge >= 0.3 is 0 Å². The van der Waals surface area contributed by atoms with Gasteiger partial charge in [-0.2, -0.15) is 0 Å². The third-order valence-corrected chi connectivity index (χ3v) is 3.59. The summed E-state index contributed by atoms with van der Waals surface area (Å²) in [5.41, 5.74) is 3.66. The molecule has 6 heteroatoms. The number of imidazole rings is 1. The Morgan fingerprint density at radius 3 is 1.00 bits per heavy atom. The molecule has 29 heavy (non-hydrogen) atoms. The molecule has 5 aromatic rings. The van der Waals surface area contributed by atoms with Crippen molar-refractivity contribution in [3.05, 3.63) is 116 Å². The highest BCUT2D eigenvalue weighted by atomic mass is 14.8. The Labute approximate surface area is 169 Å². The second-order valence-corrected chi connectivity index (χ2v) is 5.62. The van der Waals surface area contributed by atoms with E-state index in [0.29, 0.717) is 0 Å². The molecule has 6 nitrogen and oxygen atoms in total. The SMILES string of the molecule is c1c[nH]cn1.c1ccc(-c2ccccn2)nc1.c1ccc(-c2ccccn2)nc1. The topological polar surface area (TPSA) is 80.2 Å². The van der Waals surface area contributed by atoms with Crippen LogP contribution in [0.5, 0.6) is 0 Å². The molecule has 0 unspecified atom stereocenters. The first kappa shape index (κ1) is 19.6. The maximum Gasteiger partial charge on any atom is 0.0919 e. The van der Waals surface area contributed by atoms with Gasteiger partial charge < -0.3 is 4.98 Å². The molecule has 0 radical (unpaired) electrons. The Bertz CT molecular complexity index is 855. The second-order valence-electron chi connectivity index (χ2n) is 5.62. The number of nitrogens with one attached hydrogen (secondary N) is 1. The molecule has 0 spiro atoms. The highest BCUT2D eigenvalue weighted by Crippen LogP contribution is 2.11. The summed E-state index contributed by atoms with van der Waals surface area (Å²) < 4.78 is 0. The number of aromatic amines is 1. The van der Waals surface area contributed by atoms with E-state index in [2.05, 4.69) is 29.9 Å². The van der Waals surface area contributed by atoms with Gasteiger partial charge in [0.05, 0.1) is 29.1 Å². The minimum absolute atomic E-state index is 0.915. The summed E-state index contributed by atoms with van der Waals surface area (Å²) >= 11 is 0. The van der Waals surface area contributed by atoms with E-state index in [1.54, 1.807) is 43.5 Å². The van der Waals surface area contributed by atoms with Crippen molar-refractivity contribution in [3.8, 4) is 22.8 Å². The Kier molecular flexibility index (Phi) is 7.77. The second kappa shape index (κ2) is 11.5. The molecule has 0 atom stereocenters. The van der Waals surface area contributed by atoms with E-state index in [0.717, 1.165) is 22.8 Å². The molecular weight excluding hydrogens is 360 g/mol. The standard InChI is InChI=1S/2C10H8N2.C3H4N2/c2*1-3-7-11-9(5-1)10-6-2-4-8-12-10;1-2-5-3-4-1/h2*1-8H;1-3H,(H,4,5). The molecule has 1 N–H and O–H groups in total. The van der Waals surface area contributed by atoms with Gasteiger partial charge in [-0.1, -0.05) is 24.3 Å². The van der Waals surface area contributed by atoms with E-state index in [-0.39, 0.29) is 0 Å². The zero-order chi connectivity index (χ0) is 20.0. The van der Waals surface area contributed by atoms with Crippen LogP contribution in [0.15, 0.2) is 116 Å². The number of hydrogen-bond donors (Lipinski definition) is 1. The Morgan fingerprint density at radius 1 is 0.448 bits per heavy atom. The van der Waals surface area contributed by atoms with Crippen molar-refractivity contribution in [1.82, 2.24) is 29.9 Å². The van der Waals surface area contributed by atoms with Crippen LogP contribution < -0.4 is 0 Å². The number of hydrogen-bond acceptors (Lipinski definition) is 5. The first-order valence-electron chi connectivity index (χ1n) is 9.01. The maximum atomic E-state index is 4.19. The fraction of sp³-hybridized carbons (Fsp3) is 0. The largest absolute Gasteiger partial charge is 0.351 e. The van der Waals surface area contributed by atoms with Crippen molar-refractivity contribution < 1.29 is 0 Å². The van der Waals surface area contributed by atoms with Crippen LogP contribution >= 0.6 is 0 Å². The molecule has 0 aromatic carbocycles. The smallest absolute Gasteiger partial charge is 0.0919 e. The fourth-order valence-corrected chi connectivity index (χ4v) is 2.27. The van der Waals surface area contributed by atoms with Gasteiger partial charge in [0.2, 0.25) is 0 Å². The van der Waals surface area contributed by atoms with Crippen LogP contribution in [0.1, 0.15) is 0 Å². The van der Waals surface area contributed by atoms with Crippen molar-refractivity contribution in [2.75, 3.05) is 0 Å². The summed E-state index contributed by atoms with van der Waals surface area (Å²) in [5, 5.41) is 0. The molecule has 0 bridgehead atoms. The van der Waals surface area contributed by atoms with E-state index < -0.39 is 0 Å². The third kappa shape index (κ3) is 6.80. The summed E-state index contributed by atoms with van der Waals surface area (Å²) in [6.07, 6.45) is 12.2. The van der Waals surface area contributed by atoms with Crippen LogP contribution in [0.4, 0.5) is 0 Å². The van der Waals surface area contributed by atoms with Crippen molar-refractivity contribution >= 4 is 0 Å². The summed E-state index contributed by atoms with van der Waals surface area (Å²) in [5.74, 6) is 0. The highest BCUT2D eigenvalue weighted by Gasteiger charge is 1.96. The lowest BCUT2D eigenvalue weighted by molar-refractivity contribution is 1.25. The normalized spacial score (nSPS) is 9.38. The average Bonchev–Trinajstić information content (AvgIpc) is 3.42. The lowest BCUT2D eigenvalue weighted by Crippen LogP contribution is -1.83. The Hall–Kier alpha value is -4.19. The van der Waals surface area contributed by atoms with Crippen molar-refractivity contribution in [2.24, 2.45) is 0 Å². The quantitative estimate of drug-likeness (QED) is 0.480. The monoisotopic (exact) mass is 380 g/mol. The molecule has 0 fully saturated rings. The molecule has 0 saturated carbocycles. The van der Waals surface area contributed by atoms with Gasteiger partial charge in [-0.3, -0.25) is 19.9 Å². The zero-order valence-electron chi connectivity index (χ0n) is 15.7. The van der Waals surface area contributed by atoms with Crippen LogP contribution in [0.3, 0.4) is 0 Å². The van der Waals surface area contributed by atoms with Crippen LogP contribution in [-0.2, 0) is 0 Å². The minimum Gasteiger partial charge on any atom is -0.351 e. The first-order chi connectivity index (χ1) is 14.4. The molecule has 0 aliphatic heterocycles. The van der Waals surface area contributed by atoms with Crippen LogP contribution in [0.2, 0.25) is 0 Å². The van der Waals surface area contributed by atoms with Gasteiger partial charge in [0.25, 0.3) is 0 Å². The number of pyridine rings is 4. The molecular formula is C23H20N6. The molecule has 5 rings (SSSR count). The van der Waals surface area contributed by atoms with Crippen LogP contribution in [0.25, 0.3) is 22.8 Å². The van der Waals surface area contributed by atoms with Crippen molar-refractivity contribution in [3.63, 3.8) is 0 Å². The fourth-order valence-electron chi connectivity index (χ4n) is 2.27. The van der Waals surface area contributed by atoms with Gasteiger partial charge in [-0.25, -0.2) is 4.98 Å². The molecule has 0 amide bonds. The van der Waals surface area contributed by atoms with E-state index in [1.165, 1.54) is 0 Å². The first-order valence-corrected chi connectivity index (χ1v) is 9.01. The van der Waals surface area contributed by atoms with Crippen molar-refractivity contribution in [1.29, 1.82) is 0 Å². The lowest BCUT2D eigenvalue weighted by atomic mass is 10.2. The van der Waals surface area contributed by atoms with E-state index in [1.807, 2.05) is 72.8 Å². The summed E-state index contributed by atoms with van der Waals surface area (Å²) in [7, 11) is 0. The van der Waals surface area contributed by atoms with Gasteiger partial charge in [0, 0.05) is 37.2 Å². The molecule has 0 aliphatic rings. The lowest BCUT2D eigenvalue weighted by Gasteiger charge is -1.96. The van der Waals surface area contributed by atoms with Crippen molar-refractivity contribution in [2.45, 2.75) is 0 Å². The average molecular weight is 380 g/mol. The highest BCUT2D eigenvalue weighted by molar-refractivity contribution is 5.53. The minimum atomic E-state index is 0.915. The predicted octanol–water partition coefficient (Wildman–Crippen LogP) is 4.70. The number of aromatic nitrogens is 6. The van der Waals surface area contributed by atoms with E-state index in [4.69, 9.17) is 0 Å².